The van der Waals surface area contributed by atoms with Gasteiger partial charge in [-0.2, -0.15) is 11.8 Å². The van der Waals surface area contributed by atoms with Crippen molar-refractivity contribution in [1.29, 1.82) is 0 Å². The SMILES string of the molecule is COc1ccc2nc(N3CCOC(C(=O)N4CCSCC4)C3)sc2c1. The second-order valence-electron chi connectivity index (χ2n) is 6.07. The van der Waals surface area contributed by atoms with Gasteiger partial charge in [-0.1, -0.05) is 11.3 Å². The lowest BCUT2D eigenvalue weighted by atomic mass is 10.2. The van der Waals surface area contributed by atoms with Gasteiger partial charge in [0.25, 0.3) is 5.91 Å². The van der Waals surface area contributed by atoms with Gasteiger partial charge in [-0.3, -0.25) is 4.79 Å². The summed E-state index contributed by atoms with van der Waals surface area (Å²) in [6.07, 6.45) is -0.390. The van der Waals surface area contributed by atoms with Crippen molar-refractivity contribution >= 4 is 44.4 Å². The number of fused-ring (bicyclic) bond motifs is 1. The van der Waals surface area contributed by atoms with Crippen LogP contribution in [0.25, 0.3) is 10.2 Å². The van der Waals surface area contributed by atoms with Crippen LogP contribution in [0, 0.1) is 0 Å². The topological polar surface area (TPSA) is 54.9 Å². The second-order valence-corrected chi connectivity index (χ2v) is 8.31. The molecule has 0 saturated carbocycles. The predicted molar refractivity (Wildman–Crippen MR) is 102 cm³/mol. The minimum absolute atomic E-state index is 0.118. The summed E-state index contributed by atoms with van der Waals surface area (Å²) in [6, 6.07) is 5.90. The van der Waals surface area contributed by atoms with E-state index in [0.29, 0.717) is 13.2 Å². The first kappa shape index (κ1) is 16.9. The van der Waals surface area contributed by atoms with Crippen molar-refractivity contribution in [1.82, 2.24) is 9.88 Å². The highest BCUT2D eigenvalue weighted by Crippen LogP contribution is 2.32. The Morgan fingerprint density at radius 2 is 2.16 bits per heavy atom. The number of anilines is 1. The zero-order chi connectivity index (χ0) is 17.2. The van der Waals surface area contributed by atoms with E-state index < -0.39 is 6.10 Å². The Labute approximate surface area is 155 Å². The molecule has 1 aromatic heterocycles. The monoisotopic (exact) mass is 379 g/mol. The Morgan fingerprint density at radius 3 is 2.96 bits per heavy atom. The van der Waals surface area contributed by atoms with Crippen molar-refractivity contribution < 1.29 is 14.3 Å². The maximum atomic E-state index is 12.7. The second kappa shape index (κ2) is 7.39. The number of methoxy groups -OCH3 is 1. The largest absolute Gasteiger partial charge is 0.497 e. The predicted octanol–water partition coefficient (Wildman–Crippen LogP) is 2.09. The van der Waals surface area contributed by atoms with Crippen LogP contribution in [0.5, 0.6) is 5.75 Å². The minimum atomic E-state index is -0.390. The maximum absolute atomic E-state index is 12.7. The van der Waals surface area contributed by atoms with Crippen molar-refractivity contribution in [3.63, 3.8) is 0 Å². The molecule has 25 heavy (non-hydrogen) atoms. The van der Waals surface area contributed by atoms with Crippen molar-refractivity contribution in [2.75, 3.05) is 56.3 Å². The summed E-state index contributed by atoms with van der Waals surface area (Å²) in [7, 11) is 1.67. The van der Waals surface area contributed by atoms with Crippen LogP contribution in [0.2, 0.25) is 0 Å². The molecule has 2 fully saturated rings. The number of morpholine rings is 1. The van der Waals surface area contributed by atoms with E-state index in [0.717, 1.165) is 52.2 Å². The fourth-order valence-electron chi connectivity index (χ4n) is 3.11. The fraction of sp³-hybridized carbons (Fsp3) is 0.529. The average molecular weight is 380 g/mol. The Bertz CT molecular complexity index is 761. The molecular weight excluding hydrogens is 358 g/mol. The third-order valence-electron chi connectivity index (χ3n) is 4.52. The van der Waals surface area contributed by atoms with Gasteiger partial charge in [-0.25, -0.2) is 4.98 Å². The summed E-state index contributed by atoms with van der Waals surface area (Å²) >= 11 is 3.54. The first-order chi connectivity index (χ1) is 12.2. The third kappa shape index (κ3) is 3.56. The number of carbonyl (C=O) groups excluding carboxylic acids is 1. The van der Waals surface area contributed by atoms with Gasteiger partial charge < -0.3 is 19.3 Å². The normalized spacial score (nSPS) is 21.6. The molecule has 0 spiro atoms. The van der Waals surface area contributed by atoms with Crippen molar-refractivity contribution in [3.05, 3.63) is 18.2 Å². The maximum Gasteiger partial charge on any atom is 0.253 e. The van der Waals surface area contributed by atoms with Crippen LogP contribution in [-0.2, 0) is 9.53 Å². The lowest BCUT2D eigenvalue weighted by Crippen LogP contribution is -2.52. The number of hydrogen-bond donors (Lipinski definition) is 0. The minimum Gasteiger partial charge on any atom is -0.497 e. The molecule has 1 atom stereocenters. The van der Waals surface area contributed by atoms with Gasteiger partial charge in [0, 0.05) is 31.1 Å². The molecule has 2 aromatic rings. The quantitative estimate of drug-likeness (QED) is 0.814. The zero-order valence-corrected chi connectivity index (χ0v) is 15.8. The van der Waals surface area contributed by atoms with Crippen LogP contribution in [0.1, 0.15) is 0 Å². The molecule has 6 nitrogen and oxygen atoms in total. The van der Waals surface area contributed by atoms with Crippen LogP contribution < -0.4 is 9.64 Å². The van der Waals surface area contributed by atoms with E-state index in [1.54, 1.807) is 18.4 Å². The van der Waals surface area contributed by atoms with E-state index in [4.69, 9.17) is 14.5 Å². The summed E-state index contributed by atoms with van der Waals surface area (Å²) < 4.78 is 12.2. The van der Waals surface area contributed by atoms with Gasteiger partial charge in [0.1, 0.15) is 5.75 Å². The Kier molecular flexibility index (Phi) is 5.00. The van der Waals surface area contributed by atoms with Crippen LogP contribution >= 0.6 is 23.1 Å². The number of ether oxygens (including phenoxy) is 2. The highest BCUT2D eigenvalue weighted by atomic mass is 32.2. The van der Waals surface area contributed by atoms with Gasteiger partial charge in [0.15, 0.2) is 11.2 Å². The first-order valence-corrected chi connectivity index (χ1v) is 10.4. The molecule has 0 N–H and O–H groups in total. The number of carbonyl (C=O) groups is 1. The lowest BCUT2D eigenvalue weighted by molar-refractivity contribution is -0.144. The van der Waals surface area contributed by atoms with Crippen LogP contribution in [0.4, 0.5) is 5.13 Å². The van der Waals surface area contributed by atoms with E-state index in [9.17, 15) is 4.79 Å². The van der Waals surface area contributed by atoms with Crippen LogP contribution in [0.15, 0.2) is 18.2 Å². The average Bonchev–Trinajstić information content (AvgIpc) is 3.11. The number of rotatable bonds is 3. The molecule has 134 valence electrons. The lowest BCUT2D eigenvalue weighted by Gasteiger charge is -2.35. The number of hydrogen-bond acceptors (Lipinski definition) is 7. The van der Waals surface area contributed by atoms with E-state index in [1.807, 2.05) is 34.9 Å². The van der Waals surface area contributed by atoms with Gasteiger partial charge in [0.2, 0.25) is 0 Å². The molecule has 0 bridgehead atoms. The van der Waals surface area contributed by atoms with E-state index in [1.165, 1.54) is 0 Å². The number of benzene rings is 1. The van der Waals surface area contributed by atoms with Crippen LogP contribution in [0.3, 0.4) is 0 Å². The molecule has 1 aromatic carbocycles. The molecule has 0 radical (unpaired) electrons. The van der Waals surface area contributed by atoms with E-state index in [-0.39, 0.29) is 5.91 Å². The smallest absolute Gasteiger partial charge is 0.253 e. The van der Waals surface area contributed by atoms with Gasteiger partial charge in [-0.05, 0) is 18.2 Å². The summed E-state index contributed by atoms with van der Waals surface area (Å²) in [5.41, 5.74) is 0.961. The summed E-state index contributed by atoms with van der Waals surface area (Å²) in [6.45, 7) is 3.53. The summed E-state index contributed by atoms with van der Waals surface area (Å²) in [5.74, 6) is 2.98. The Balaban J connectivity index is 1.49. The summed E-state index contributed by atoms with van der Waals surface area (Å²) in [4.78, 5) is 21.5. The molecule has 0 aliphatic carbocycles. The molecule has 2 aliphatic rings. The first-order valence-electron chi connectivity index (χ1n) is 8.42. The Morgan fingerprint density at radius 1 is 1.32 bits per heavy atom. The van der Waals surface area contributed by atoms with Crippen molar-refractivity contribution in [2.24, 2.45) is 0 Å². The number of thiazole rings is 1. The molecule has 3 heterocycles. The Hall–Kier alpha value is -1.51. The van der Waals surface area contributed by atoms with Gasteiger partial charge >= 0.3 is 0 Å². The number of aromatic nitrogens is 1. The van der Waals surface area contributed by atoms with E-state index in [2.05, 4.69) is 4.90 Å². The van der Waals surface area contributed by atoms with Gasteiger partial charge in [-0.15, -0.1) is 0 Å². The third-order valence-corrected chi connectivity index (χ3v) is 6.54. The number of thioether (sulfide) groups is 1. The highest BCUT2D eigenvalue weighted by molar-refractivity contribution is 7.99. The summed E-state index contributed by atoms with van der Waals surface area (Å²) in [5, 5.41) is 0.943. The molecule has 2 aliphatic heterocycles. The van der Waals surface area contributed by atoms with Crippen LogP contribution in [-0.4, -0.2) is 73.3 Å². The fourth-order valence-corrected chi connectivity index (χ4v) is 5.05. The molecule has 4 rings (SSSR count). The number of amides is 1. The van der Waals surface area contributed by atoms with Gasteiger partial charge in [0.05, 0.1) is 30.5 Å². The highest BCUT2D eigenvalue weighted by Gasteiger charge is 2.32. The molecular formula is C17H21N3O3S2. The number of nitrogens with zero attached hydrogens (tertiary/aromatic N) is 3. The van der Waals surface area contributed by atoms with Crippen molar-refractivity contribution in [3.8, 4) is 5.75 Å². The molecule has 1 amide bonds. The molecule has 2 saturated heterocycles. The van der Waals surface area contributed by atoms with E-state index >= 15 is 0 Å². The standard InChI is InChI=1S/C17H21N3O3S2/c1-22-12-2-3-13-15(10-12)25-17(18-13)20-4-7-23-14(11-20)16(21)19-5-8-24-9-6-19/h2-3,10,14H,4-9,11H2,1H3. The molecule has 1 unspecified atom stereocenters. The molecule has 8 heteroatoms. The van der Waals surface area contributed by atoms with Crippen molar-refractivity contribution in [2.45, 2.75) is 6.10 Å². The zero-order valence-electron chi connectivity index (χ0n) is 14.1.